The normalized spacial score (nSPS) is 11.1. The van der Waals surface area contributed by atoms with Crippen molar-refractivity contribution >= 4 is 53.7 Å². The van der Waals surface area contributed by atoms with Gasteiger partial charge < -0.3 is 4.57 Å². The van der Waals surface area contributed by atoms with Crippen LogP contribution in [0.1, 0.15) is 12.8 Å². The van der Waals surface area contributed by atoms with Crippen LogP contribution >= 0.6 is 31.9 Å². The van der Waals surface area contributed by atoms with Gasteiger partial charge in [-0.15, -0.1) is 12.3 Å². The van der Waals surface area contributed by atoms with Crippen molar-refractivity contribution in [3.8, 4) is 12.3 Å². The van der Waals surface area contributed by atoms with Gasteiger partial charge in [-0.05, 0) is 42.8 Å². The van der Waals surface area contributed by atoms with Crippen molar-refractivity contribution < 1.29 is 0 Å². The molecule has 0 unspecified atom stereocenters. The highest BCUT2D eigenvalue weighted by molar-refractivity contribution is 9.10. The second-order valence-electron chi connectivity index (χ2n) is 4.78. The van der Waals surface area contributed by atoms with Crippen LogP contribution in [-0.4, -0.2) is 4.57 Å². The van der Waals surface area contributed by atoms with Crippen LogP contribution in [0.5, 0.6) is 0 Å². The minimum Gasteiger partial charge on any atom is -0.340 e. The first-order chi connectivity index (χ1) is 9.70. The van der Waals surface area contributed by atoms with Gasteiger partial charge in [-0.25, -0.2) is 0 Å². The number of rotatable bonds is 3. The van der Waals surface area contributed by atoms with Crippen molar-refractivity contribution in [3.63, 3.8) is 0 Å². The molecule has 0 aliphatic heterocycles. The summed E-state index contributed by atoms with van der Waals surface area (Å²) in [5, 5.41) is 2.55. The van der Waals surface area contributed by atoms with Gasteiger partial charge in [0, 0.05) is 43.7 Å². The molecule has 0 bridgehead atoms. The molecule has 20 heavy (non-hydrogen) atoms. The minimum absolute atomic E-state index is 0.814. The molecule has 0 N–H and O–H groups in total. The van der Waals surface area contributed by atoms with Gasteiger partial charge in [0.1, 0.15) is 0 Å². The fourth-order valence-electron chi connectivity index (χ4n) is 2.63. The molecule has 0 saturated carbocycles. The maximum absolute atomic E-state index is 5.36. The van der Waals surface area contributed by atoms with E-state index in [1.165, 1.54) is 21.8 Å². The van der Waals surface area contributed by atoms with E-state index >= 15 is 0 Å². The lowest BCUT2D eigenvalue weighted by Gasteiger charge is -2.06. The van der Waals surface area contributed by atoms with Crippen LogP contribution in [0.3, 0.4) is 0 Å². The molecular formula is C17H13Br2N. The zero-order valence-electron chi connectivity index (χ0n) is 10.9. The van der Waals surface area contributed by atoms with Gasteiger partial charge in [-0.3, -0.25) is 0 Å². The Morgan fingerprint density at radius 1 is 0.950 bits per heavy atom. The van der Waals surface area contributed by atoms with E-state index in [-0.39, 0.29) is 0 Å². The van der Waals surface area contributed by atoms with Crippen LogP contribution in [0.2, 0.25) is 0 Å². The van der Waals surface area contributed by atoms with E-state index in [0.717, 1.165) is 28.3 Å². The minimum atomic E-state index is 0.814. The van der Waals surface area contributed by atoms with Crippen molar-refractivity contribution in [1.29, 1.82) is 0 Å². The predicted octanol–water partition coefficient (Wildman–Crippen LogP) is 5.73. The molecule has 0 aliphatic carbocycles. The van der Waals surface area contributed by atoms with Gasteiger partial charge in [0.2, 0.25) is 0 Å². The number of hydrogen-bond acceptors (Lipinski definition) is 0. The average Bonchev–Trinajstić information content (AvgIpc) is 2.72. The third-order valence-electron chi connectivity index (χ3n) is 3.49. The lowest BCUT2D eigenvalue weighted by molar-refractivity contribution is 0.694. The molecule has 2 aromatic carbocycles. The summed E-state index contributed by atoms with van der Waals surface area (Å²) in [5.74, 6) is 2.72. The van der Waals surface area contributed by atoms with Gasteiger partial charge in [-0.2, -0.15) is 0 Å². The molecule has 0 radical (unpaired) electrons. The maximum Gasteiger partial charge on any atom is 0.0492 e. The Balaban J connectivity index is 2.27. The number of fused-ring (bicyclic) bond motifs is 3. The Bertz CT molecular complexity index is 765. The Hall–Kier alpha value is -1.24. The fourth-order valence-corrected chi connectivity index (χ4v) is 3.35. The number of aromatic nitrogens is 1. The van der Waals surface area contributed by atoms with E-state index in [2.05, 4.69) is 78.7 Å². The van der Waals surface area contributed by atoms with Crippen LogP contribution in [0.25, 0.3) is 21.8 Å². The van der Waals surface area contributed by atoms with Crippen molar-refractivity contribution in [3.05, 3.63) is 45.3 Å². The molecule has 1 nitrogen and oxygen atoms in total. The number of nitrogens with zero attached hydrogens (tertiary/aromatic N) is 1. The van der Waals surface area contributed by atoms with Crippen LogP contribution in [-0.2, 0) is 6.54 Å². The molecule has 0 fully saturated rings. The lowest BCUT2D eigenvalue weighted by Crippen LogP contribution is -1.97. The highest BCUT2D eigenvalue weighted by Crippen LogP contribution is 2.33. The molecule has 0 aliphatic rings. The smallest absolute Gasteiger partial charge is 0.0492 e. The van der Waals surface area contributed by atoms with Crippen LogP contribution in [0, 0.1) is 12.3 Å². The van der Waals surface area contributed by atoms with E-state index in [0.29, 0.717) is 0 Å². The number of aryl methyl sites for hydroxylation is 1. The quantitative estimate of drug-likeness (QED) is 0.397. The molecule has 3 aromatic rings. The summed E-state index contributed by atoms with van der Waals surface area (Å²) >= 11 is 7.12. The Morgan fingerprint density at radius 3 is 2.00 bits per heavy atom. The van der Waals surface area contributed by atoms with E-state index in [9.17, 15) is 0 Å². The summed E-state index contributed by atoms with van der Waals surface area (Å²) in [7, 11) is 0. The zero-order chi connectivity index (χ0) is 14.1. The highest BCUT2D eigenvalue weighted by Gasteiger charge is 2.10. The first-order valence-corrected chi connectivity index (χ1v) is 8.10. The van der Waals surface area contributed by atoms with Gasteiger partial charge in [0.25, 0.3) is 0 Å². The summed E-state index contributed by atoms with van der Waals surface area (Å²) in [6.07, 6.45) is 7.18. The molecule has 3 heteroatoms. The maximum atomic E-state index is 5.36. The third kappa shape index (κ3) is 2.39. The number of terminal acetylenes is 1. The van der Waals surface area contributed by atoms with Crippen molar-refractivity contribution in [2.24, 2.45) is 0 Å². The Kier molecular flexibility index (Phi) is 3.87. The summed E-state index contributed by atoms with van der Waals surface area (Å²) < 4.78 is 4.57. The predicted molar refractivity (Wildman–Crippen MR) is 92.9 cm³/mol. The molecule has 1 heterocycles. The van der Waals surface area contributed by atoms with Crippen molar-refractivity contribution in [1.82, 2.24) is 4.57 Å². The summed E-state index contributed by atoms with van der Waals surface area (Å²) in [4.78, 5) is 0. The zero-order valence-corrected chi connectivity index (χ0v) is 14.0. The molecule has 1 aromatic heterocycles. The van der Waals surface area contributed by atoms with E-state index in [1.807, 2.05) is 0 Å². The fraction of sp³-hybridized carbons (Fsp3) is 0.176. The standard InChI is InChI=1S/C17H13Br2N/c1-2-3-4-9-20-16-7-5-12(18)10-14(16)15-11-13(19)6-8-17(15)20/h1,5-8,10-11H,3-4,9H2. The first kappa shape index (κ1) is 13.7. The summed E-state index contributed by atoms with van der Waals surface area (Å²) in [5.41, 5.74) is 2.52. The van der Waals surface area contributed by atoms with E-state index in [1.54, 1.807) is 0 Å². The average molecular weight is 391 g/mol. The molecule has 0 amide bonds. The second-order valence-corrected chi connectivity index (χ2v) is 6.61. The Labute approximate surface area is 135 Å². The van der Waals surface area contributed by atoms with Gasteiger partial charge >= 0.3 is 0 Å². The topological polar surface area (TPSA) is 4.93 Å². The second kappa shape index (κ2) is 5.63. The molecule has 0 spiro atoms. The van der Waals surface area contributed by atoms with Gasteiger partial charge in [0.05, 0.1) is 0 Å². The largest absolute Gasteiger partial charge is 0.340 e. The van der Waals surface area contributed by atoms with E-state index in [4.69, 9.17) is 6.42 Å². The Morgan fingerprint density at radius 2 is 1.50 bits per heavy atom. The van der Waals surface area contributed by atoms with Gasteiger partial charge in [0.15, 0.2) is 0 Å². The number of hydrogen-bond donors (Lipinski definition) is 0. The first-order valence-electron chi connectivity index (χ1n) is 6.51. The van der Waals surface area contributed by atoms with Crippen LogP contribution < -0.4 is 0 Å². The van der Waals surface area contributed by atoms with Crippen LogP contribution in [0.15, 0.2) is 45.3 Å². The highest BCUT2D eigenvalue weighted by atomic mass is 79.9. The third-order valence-corrected chi connectivity index (χ3v) is 4.48. The summed E-state index contributed by atoms with van der Waals surface area (Å²) in [6, 6.07) is 12.9. The number of unbranched alkanes of at least 4 members (excludes halogenated alkanes) is 1. The van der Waals surface area contributed by atoms with Crippen molar-refractivity contribution in [2.75, 3.05) is 0 Å². The van der Waals surface area contributed by atoms with E-state index < -0.39 is 0 Å². The molecule has 0 saturated heterocycles. The molecule has 100 valence electrons. The molecule has 3 rings (SSSR count). The number of benzene rings is 2. The molecule has 0 atom stereocenters. The molecular weight excluding hydrogens is 378 g/mol. The SMILES string of the molecule is C#CCCCn1c2ccc(Br)cc2c2cc(Br)ccc21. The summed E-state index contributed by atoms with van der Waals surface area (Å²) in [6.45, 7) is 0.952. The number of halogens is 2. The van der Waals surface area contributed by atoms with Gasteiger partial charge in [-0.1, -0.05) is 31.9 Å². The van der Waals surface area contributed by atoms with Crippen LogP contribution in [0.4, 0.5) is 0 Å². The monoisotopic (exact) mass is 389 g/mol. The van der Waals surface area contributed by atoms with Crippen molar-refractivity contribution in [2.45, 2.75) is 19.4 Å². The lowest BCUT2D eigenvalue weighted by atomic mass is 10.2.